The van der Waals surface area contributed by atoms with Crippen LogP contribution in [0.2, 0.25) is 0 Å². The summed E-state index contributed by atoms with van der Waals surface area (Å²) in [6.07, 6.45) is 0. The van der Waals surface area contributed by atoms with Crippen LogP contribution in [0.5, 0.6) is 17.2 Å². The van der Waals surface area contributed by atoms with Crippen LogP contribution in [0, 0.1) is 6.92 Å². The number of phenols is 3. The number of anilines is 1. The molecule has 0 aromatic heterocycles. The summed E-state index contributed by atoms with van der Waals surface area (Å²) in [4.78, 5) is -4.56. The number of azo groups is 2. The number of hydrogen-bond acceptors (Lipinski definition) is 16. The van der Waals surface area contributed by atoms with E-state index < -0.39 is 99.5 Å². The third kappa shape index (κ3) is 7.68. The van der Waals surface area contributed by atoms with Gasteiger partial charge in [0, 0.05) is 44.3 Å². The Morgan fingerprint density at radius 1 is 0.538 bits per heavy atom. The molecule has 279 valence electrons. The van der Waals surface area contributed by atoms with E-state index in [2.05, 4.69) is 20.5 Å². The van der Waals surface area contributed by atoms with Crippen molar-refractivity contribution in [2.75, 3.05) is 5.73 Å². The van der Waals surface area contributed by atoms with Gasteiger partial charge in [-0.2, -0.15) is 33.7 Å². The average molecular weight is 847 g/mol. The van der Waals surface area contributed by atoms with E-state index in [4.69, 9.17) is 5.73 Å². The van der Waals surface area contributed by atoms with E-state index in [1.807, 2.05) is 0 Å². The van der Waals surface area contributed by atoms with Crippen molar-refractivity contribution in [1.82, 2.24) is 0 Å². The smallest absolute Gasteiger partial charge is 0.296 e. The Morgan fingerprint density at radius 2 is 1.12 bits per heavy atom. The monoisotopic (exact) mass is 846 g/mol. The van der Waals surface area contributed by atoms with E-state index in [0.717, 1.165) is 18.2 Å². The van der Waals surface area contributed by atoms with Crippen molar-refractivity contribution in [1.29, 1.82) is 0 Å². The largest absolute Gasteiger partial charge is 0.506 e. The fourth-order valence-corrected chi connectivity index (χ4v) is 7.58. The molecule has 20 nitrogen and oxygen atoms in total. The number of benzene rings is 5. The van der Waals surface area contributed by atoms with Crippen molar-refractivity contribution >= 4 is 90.5 Å². The van der Waals surface area contributed by atoms with E-state index in [9.17, 15) is 67.2 Å². The van der Waals surface area contributed by atoms with Gasteiger partial charge in [-0.15, -0.1) is 20.5 Å². The third-order valence-electron chi connectivity index (χ3n) is 7.13. The fourth-order valence-electron chi connectivity index (χ4n) is 4.88. The molecule has 0 amide bonds. The third-order valence-corrected chi connectivity index (χ3v) is 10.6. The first-order chi connectivity index (χ1) is 23.4. The molecule has 0 atom stereocenters. The van der Waals surface area contributed by atoms with Crippen LogP contribution in [0.4, 0.5) is 28.4 Å². The number of nitrogen functional groups attached to an aromatic ring is 1. The van der Waals surface area contributed by atoms with Gasteiger partial charge in [0.2, 0.25) is 0 Å². The topological polar surface area (TPSA) is 354 Å². The van der Waals surface area contributed by atoms with Crippen LogP contribution in [-0.2, 0) is 57.5 Å². The number of nitrogens with two attached hydrogens (primary N) is 1. The fraction of sp³-hybridized carbons (Fsp3) is 0.0370. The van der Waals surface area contributed by atoms with E-state index in [-0.39, 0.29) is 56.5 Å². The second-order valence-electron chi connectivity index (χ2n) is 10.5. The summed E-state index contributed by atoms with van der Waals surface area (Å²) in [6.45, 7) is 1.41. The molecule has 5 aromatic carbocycles. The minimum atomic E-state index is -5.48. The molecule has 1 radical (unpaired) electrons. The molecule has 0 aliphatic heterocycles. The Labute approximate surface area is 303 Å². The summed E-state index contributed by atoms with van der Waals surface area (Å²) >= 11 is 0. The zero-order chi connectivity index (χ0) is 38.0. The van der Waals surface area contributed by atoms with Crippen molar-refractivity contribution in [2.24, 2.45) is 20.5 Å². The first-order valence-electron chi connectivity index (χ1n) is 13.3. The normalized spacial score (nSPS) is 12.9. The second kappa shape index (κ2) is 13.6. The molecule has 0 aliphatic rings. The minimum Gasteiger partial charge on any atom is -0.506 e. The van der Waals surface area contributed by atoms with Crippen molar-refractivity contribution in [3.63, 3.8) is 0 Å². The van der Waals surface area contributed by atoms with E-state index >= 15 is 0 Å². The molecule has 9 N–H and O–H groups in total. The number of nitrogens with zero attached hydrogens (tertiary/aromatic N) is 4. The zero-order valence-electron chi connectivity index (χ0n) is 25.4. The van der Waals surface area contributed by atoms with Crippen molar-refractivity contribution in [3.05, 3.63) is 60.2 Å². The molecular formula is C27H21CuN5O15S4. The number of hydrogen-bond donors (Lipinski definition) is 8. The van der Waals surface area contributed by atoms with Crippen LogP contribution >= 0.6 is 0 Å². The van der Waals surface area contributed by atoms with Gasteiger partial charge in [-0.05, 0) is 67.1 Å². The average Bonchev–Trinajstić information content (AvgIpc) is 2.99. The summed E-state index contributed by atoms with van der Waals surface area (Å²) in [5.74, 6) is -2.40. The van der Waals surface area contributed by atoms with E-state index in [0.29, 0.717) is 12.1 Å². The molecule has 0 fully saturated rings. The van der Waals surface area contributed by atoms with Gasteiger partial charge in [0.05, 0.1) is 4.90 Å². The van der Waals surface area contributed by atoms with E-state index in [1.54, 1.807) is 0 Å². The van der Waals surface area contributed by atoms with Crippen LogP contribution in [0.3, 0.4) is 0 Å². The van der Waals surface area contributed by atoms with Gasteiger partial charge >= 0.3 is 0 Å². The van der Waals surface area contributed by atoms with E-state index in [1.165, 1.54) is 25.1 Å². The molecule has 0 heterocycles. The van der Waals surface area contributed by atoms with Gasteiger partial charge in [-0.1, -0.05) is 0 Å². The van der Waals surface area contributed by atoms with Crippen LogP contribution in [0.25, 0.3) is 21.5 Å². The summed E-state index contributed by atoms with van der Waals surface area (Å²) < 4.78 is 135. The first-order valence-corrected chi connectivity index (χ1v) is 19.1. The van der Waals surface area contributed by atoms with Gasteiger partial charge in [0.25, 0.3) is 40.5 Å². The predicted octanol–water partition coefficient (Wildman–Crippen LogP) is 4.82. The number of rotatable bonds is 8. The van der Waals surface area contributed by atoms with Crippen LogP contribution in [0.1, 0.15) is 5.56 Å². The Balaban J connectivity index is 0.00000605. The number of fused-ring (bicyclic) bond motifs is 2. The SMILES string of the molecule is Cc1cc2c(N=Nc3cc(S(=O)(=O)O)c4cc(S(=O)(=O)O)cc(S(=O)(=O)O)c4c3O)c(O)ccc2c(O)c1N=Nc1ccc(N)cc1S(=O)(=O)O.[Cu]. The minimum absolute atomic E-state index is 0. The standard InChI is InChI=1S/C27H21N5O15S4.Cu/c1-11-6-15-14(26(34)24(11)31-29-17-4-2-12(28)7-21(17)50(42,43)44)3-5-19(33)25(15)32-30-18-10-20(49(39,40)41)16-8-13(48(36,37)38)9-22(51(45,46)47)23(16)27(18)35;/h2-10,33-35H,28H2,1H3,(H,36,37,38)(H,39,40,41)(H,42,43,44)(H,45,46,47);. The van der Waals surface area contributed by atoms with Crippen molar-refractivity contribution in [2.45, 2.75) is 26.5 Å². The second-order valence-corrected chi connectivity index (χ2v) is 16.1. The molecule has 0 bridgehead atoms. The molecule has 5 aromatic rings. The summed E-state index contributed by atoms with van der Waals surface area (Å²) in [5, 5.41) is 45.8. The quantitative estimate of drug-likeness (QED) is 0.0449. The first kappa shape index (κ1) is 40.0. The summed E-state index contributed by atoms with van der Waals surface area (Å²) in [7, 11) is -20.9. The molecule has 0 aliphatic carbocycles. The van der Waals surface area contributed by atoms with Crippen LogP contribution in [-0.4, -0.2) is 67.2 Å². The maximum Gasteiger partial charge on any atom is 0.296 e. The molecule has 52 heavy (non-hydrogen) atoms. The zero-order valence-corrected chi connectivity index (χ0v) is 29.6. The molecule has 0 unspecified atom stereocenters. The Morgan fingerprint density at radius 3 is 1.69 bits per heavy atom. The van der Waals surface area contributed by atoms with Gasteiger partial charge in [0.1, 0.15) is 43.2 Å². The Hall–Kier alpha value is -4.82. The molecular weight excluding hydrogens is 826 g/mol. The molecule has 5 rings (SSSR count). The Bertz CT molecular complexity index is 2870. The van der Waals surface area contributed by atoms with Crippen LogP contribution in [0.15, 0.2) is 94.6 Å². The summed E-state index contributed by atoms with van der Waals surface area (Å²) in [6, 6.07) is 7.95. The van der Waals surface area contributed by atoms with Crippen molar-refractivity contribution in [3.8, 4) is 17.2 Å². The van der Waals surface area contributed by atoms with Crippen molar-refractivity contribution < 1.29 is 84.3 Å². The van der Waals surface area contributed by atoms with Gasteiger partial charge in [0.15, 0.2) is 11.5 Å². The number of aryl methyl sites for hydroxylation is 1. The van der Waals surface area contributed by atoms with Gasteiger partial charge in [-0.3, -0.25) is 18.2 Å². The maximum atomic E-state index is 12.3. The number of aromatic hydroxyl groups is 3. The van der Waals surface area contributed by atoms with Crippen LogP contribution < -0.4 is 5.73 Å². The Kier molecular flexibility index (Phi) is 10.5. The van der Waals surface area contributed by atoms with Gasteiger partial charge in [-0.25, -0.2) is 0 Å². The molecule has 0 spiro atoms. The van der Waals surface area contributed by atoms with Gasteiger partial charge < -0.3 is 21.1 Å². The molecule has 0 saturated carbocycles. The molecule has 0 saturated heterocycles. The molecule has 25 heteroatoms. The maximum absolute atomic E-state index is 12.3. The predicted molar refractivity (Wildman–Crippen MR) is 176 cm³/mol. The number of phenolic OH excluding ortho intramolecular Hbond substituents is 3. The summed E-state index contributed by atoms with van der Waals surface area (Å²) in [5.41, 5.74) is 3.84.